The normalized spacial score (nSPS) is 22.8. The molecule has 1 unspecified atom stereocenters. The molecule has 2 N–H and O–H groups in total. The highest BCUT2D eigenvalue weighted by atomic mass is 32.2. The Kier molecular flexibility index (Phi) is 3.83. The summed E-state index contributed by atoms with van der Waals surface area (Å²) < 4.78 is 10.9. The van der Waals surface area contributed by atoms with Gasteiger partial charge in [0.15, 0.2) is 6.10 Å². The number of carboxylic acids is 1. The number of β-amino-alcohol motifs (C(OH)–C–C–N with tert-alkyl or cyclic N) is 1. The average Bonchev–Trinajstić information content (AvgIpc) is 2.08. The van der Waals surface area contributed by atoms with Crippen LogP contribution in [0.2, 0.25) is 0 Å². The fourth-order valence-electron chi connectivity index (χ4n) is 1.18. The Bertz CT molecular complexity index is 211. The molecule has 0 radical (unpaired) electrons. The topological polar surface area (TPSA) is 77.8 Å². The Hall–Kier alpha value is -0.460. The first-order chi connectivity index (χ1) is 6.09. The van der Waals surface area contributed by atoms with E-state index in [1.54, 1.807) is 0 Å². The van der Waals surface area contributed by atoms with Crippen molar-refractivity contribution in [1.82, 2.24) is 4.90 Å². The molecule has 76 valence electrons. The third kappa shape index (κ3) is 3.41. The van der Waals surface area contributed by atoms with Crippen LogP contribution < -0.4 is 0 Å². The zero-order valence-corrected chi connectivity index (χ0v) is 8.00. The summed E-state index contributed by atoms with van der Waals surface area (Å²) in [5.74, 6) is -0.0507. The molecule has 0 aliphatic carbocycles. The predicted octanol–water partition coefficient (Wildman–Crippen LogP) is -1.50. The molecule has 1 atom stereocenters. The van der Waals surface area contributed by atoms with Gasteiger partial charge in [0.1, 0.15) is 0 Å². The minimum Gasteiger partial charge on any atom is -0.479 e. The first-order valence-corrected chi connectivity index (χ1v) is 5.56. The Morgan fingerprint density at radius 1 is 1.46 bits per heavy atom. The van der Waals surface area contributed by atoms with E-state index in [0.717, 1.165) is 0 Å². The number of carbonyl (C=O) groups is 1. The molecule has 0 aromatic rings. The summed E-state index contributed by atoms with van der Waals surface area (Å²) in [6.45, 7) is 1.35. The third-order valence-corrected chi connectivity index (χ3v) is 3.26. The van der Waals surface area contributed by atoms with Crippen molar-refractivity contribution in [1.29, 1.82) is 0 Å². The summed E-state index contributed by atoms with van der Waals surface area (Å²) in [5.41, 5.74) is 0. The van der Waals surface area contributed by atoms with Crippen molar-refractivity contribution in [3.63, 3.8) is 0 Å². The summed E-state index contributed by atoms with van der Waals surface area (Å²) in [5, 5.41) is 17.5. The summed E-state index contributed by atoms with van der Waals surface area (Å²) >= 11 is 0. The fraction of sp³-hybridized carbons (Fsp3) is 0.857. The number of carboxylic acid groups (broad SMARTS) is 1. The van der Waals surface area contributed by atoms with Crippen molar-refractivity contribution in [2.75, 3.05) is 31.1 Å². The van der Waals surface area contributed by atoms with Crippen molar-refractivity contribution in [2.45, 2.75) is 6.10 Å². The lowest BCUT2D eigenvalue weighted by molar-refractivity contribution is -0.147. The summed E-state index contributed by atoms with van der Waals surface area (Å²) in [6.07, 6.45) is -1.33. The van der Waals surface area contributed by atoms with Gasteiger partial charge in [0, 0.05) is 41.9 Å². The number of aliphatic hydroxyl groups excluding tert-OH is 1. The molecule has 1 saturated heterocycles. The Balaban J connectivity index is 2.30. The van der Waals surface area contributed by atoms with E-state index >= 15 is 0 Å². The lowest BCUT2D eigenvalue weighted by Crippen LogP contribution is -2.43. The van der Waals surface area contributed by atoms with Crippen LogP contribution in [0.1, 0.15) is 0 Å². The van der Waals surface area contributed by atoms with Crippen LogP contribution >= 0.6 is 0 Å². The molecule has 0 bridgehead atoms. The van der Waals surface area contributed by atoms with E-state index in [4.69, 9.17) is 10.2 Å². The van der Waals surface area contributed by atoms with Crippen LogP contribution in [0.25, 0.3) is 0 Å². The molecular weight excluding hydrogens is 194 g/mol. The highest BCUT2D eigenvalue weighted by Crippen LogP contribution is 2.01. The van der Waals surface area contributed by atoms with Crippen molar-refractivity contribution >= 4 is 16.8 Å². The van der Waals surface area contributed by atoms with E-state index < -0.39 is 22.9 Å². The third-order valence-electron chi connectivity index (χ3n) is 1.99. The minimum absolute atomic E-state index is 0.131. The standard InChI is InChI=1S/C7H13NO4S/c9-6(7(10)11)5-8-1-3-13(12)4-2-8/h6,9H,1-5H2,(H,10,11). The molecule has 0 aromatic carbocycles. The molecule has 1 rings (SSSR count). The van der Waals surface area contributed by atoms with E-state index in [0.29, 0.717) is 24.6 Å². The number of aliphatic hydroxyl groups is 1. The van der Waals surface area contributed by atoms with Crippen LogP contribution in [0, 0.1) is 0 Å². The number of nitrogens with zero attached hydrogens (tertiary/aromatic N) is 1. The first kappa shape index (κ1) is 10.6. The maximum atomic E-state index is 10.9. The number of hydrogen-bond donors (Lipinski definition) is 2. The molecule has 1 aliphatic heterocycles. The minimum atomic E-state index is -1.33. The zero-order valence-electron chi connectivity index (χ0n) is 7.18. The monoisotopic (exact) mass is 207 g/mol. The molecule has 0 amide bonds. The van der Waals surface area contributed by atoms with Gasteiger partial charge < -0.3 is 10.2 Å². The average molecular weight is 207 g/mol. The van der Waals surface area contributed by atoms with Gasteiger partial charge in [0.25, 0.3) is 0 Å². The molecule has 1 aliphatic rings. The predicted molar refractivity (Wildman–Crippen MR) is 48.0 cm³/mol. The largest absolute Gasteiger partial charge is 0.479 e. The molecule has 13 heavy (non-hydrogen) atoms. The van der Waals surface area contributed by atoms with Crippen LogP contribution in [-0.2, 0) is 15.6 Å². The molecule has 1 fully saturated rings. The highest BCUT2D eigenvalue weighted by Gasteiger charge is 2.21. The maximum absolute atomic E-state index is 10.9. The van der Waals surface area contributed by atoms with E-state index in [1.807, 2.05) is 4.90 Å². The highest BCUT2D eigenvalue weighted by molar-refractivity contribution is 7.85. The van der Waals surface area contributed by atoms with Crippen molar-refractivity contribution in [3.8, 4) is 0 Å². The smallest absolute Gasteiger partial charge is 0.333 e. The lowest BCUT2D eigenvalue weighted by atomic mass is 10.3. The molecule has 1 heterocycles. The number of aliphatic carboxylic acids is 1. The molecular formula is C7H13NO4S. The molecule has 0 spiro atoms. The zero-order chi connectivity index (χ0) is 9.84. The van der Waals surface area contributed by atoms with Gasteiger partial charge in [-0.15, -0.1) is 0 Å². The molecule has 5 nitrogen and oxygen atoms in total. The van der Waals surface area contributed by atoms with Gasteiger partial charge in [-0.05, 0) is 0 Å². The Labute approximate surface area is 78.8 Å². The van der Waals surface area contributed by atoms with E-state index in [1.165, 1.54) is 0 Å². The molecule has 0 saturated carbocycles. The maximum Gasteiger partial charge on any atom is 0.333 e. The van der Waals surface area contributed by atoms with Gasteiger partial charge in [-0.25, -0.2) is 4.79 Å². The Morgan fingerprint density at radius 3 is 2.46 bits per heavy atom. The molecule has 6 heteroatoms. The van der Waals surface area contributed by atoms with Gasteiger partial charge in [-0.1, -0.05) is 0 Å². The summed E-state index contributed by atoms with van der Waals surface area (Å²) in [7, 11) is -0.757. The van der Waals surface area contributed by atoms with E-state index in [2.05, 4.69) is 0 Å². The SMILES string of the molecule is O=C(O)C(O)CN1CCS(=O)CC1. The van der Waals surface area contributed by atoms with Crippen molar-refractivity contribution < 1.29 is 19.2 Å². The number of rotatable bonds is 3. The summed E-state index contributed by atoms with van der Waals surface area (Å²) in [6, 6.07) is 0. The number of hydrogen-bond acceptors (Lipinski definition) is 4. The van der Waals surface area contributed by atoms with Gasteiger partial charge in [0.05, 0.1) is 0 Å². The van der Waals surface area contributed by atoms with Crippen LogP contribution in [-0.4, -0.2) is 62.5 Å². The van der Waals surface area contributed by atoms with E-state index in [-0.39, 0.29) is 6.54 Å². The van der Waals surface area contributed by atoms with Gasteiger partial charge in [-0.2, -0.15) is 0 Å². The summed E-state index contributed by atoms with van der Waals surface area (Å²) in [4.78, 5) is 12.1. The fourth-order valence-corrected chi connectivity index (χ4v) is 2.31. The second-order valence-electron chi connectivity index (χ2n) is 3.00. The van der Waals surface area contributed by atoms with Crippen molar-refractivity contribution in [3.05, 3.63) is 0 Å². The van der Waals surface area contributed by atoms with Gasteiger partial charge in [-0.3, -0.25) is 9.11 Å². The second-order valence-corrected chi connectivity index (χ2v) is 4.70. The van der Waals surface area contributed by atoms with Gasteiger partial charge in [0.2, 0.25) is 0 Å². The van der Waals surface area contributed by atoms with Gasteiger partial charge >= 0.3 is 5.97 Å². The van der Waals surface area contributed by atoms with Crippen LogP contribution in [0.3, 0.4) is 0 Å². The first-order valence-electron chi connectivity index (χ1n) is 4.08. The Morgan fingerprint density at radius 2 is 2.00 bits per heavy atom. The van der Waals surface area contributed by atoms with Crippen LogP contribution in [0.5, 0.6) is 0 Å². The van der Waals surface area contributed by atoms with Crippen molar-refractivity contribution in [2.24, 2.45) is 0 Å². The van der Waals surface area contributed by atoms with E-state index in [9.17, 15) is 9.00 Å². The lowest BCUT2D eigenvalue weighted by Gasteiger charge is -2.26. The van der Waals surface area contributed by atoms with Crippen LogP contribution in [0.4, 0.5) is 0 Å². The second kappa shape index (κ2) is 4.69. The van der Waals surface area contributed by atoms with Crippen LogP contribution in [0.15, 0.2) is 0 Å². The quantitative estimate of drug-likeness (QED) is 0.588. The molecule has 0 aromatic heterocycles.